The highest BCUT2D eigenvalue weighted by atomic mass is 79.9. The Balaban J connectivity index is 2.40. The first-order chi connectivity index (χ1) is 9.91. The van der Waals surface area contributed by atoms with Crippen LogP contribution in [0.5, 0.6) is 0 Å². The van der Waals surface area contributed by atoms with Crippen molar-refractivity contribution in [3.8, 4) is 0 Å². The molecule has 2 atom stereocenters. The van der Waals surface area contributed by atoms with Crippen molar-refractivity contribution < 1.29 is 9.50 Å². The summed E-state index contributed by atoms with van der Waals surface area (Å²) < 4.78 is 14.9. The van der Waals surface area contributed by atoms with Crippen LogP contribution in [0.25, 0.3) is 0 Å². The van der Waals surface area contributed by atoms with Crippen molar-refractivity contribution in [3.05, 3.63) is 63.9 Å². The maximum atomic E-state index is 14.0. The van der Waals surface area contributed by atoms with Gasteiger partial charge in [-0.1, -0.05) is 34.1 Å². The third-order valence-corrected chi connectivity index (χ3v) is 4.25. The third kappa shape index (κ3) is 3.44. The zero-order valence-corrected chi connectivity index (χ0v) is 13.9. The molecule has 0 aliphatic carbocycles. The summed E-state index contributed by atoms with van der Waals surface area (Å²) in [6.07, 6.45) is -0.590. The van der Waals surface area contributed by atoms with Gasteiger partial charge >= 0.3 is 0 Å². The molecule has 0 saturated heterocycles. The quantitative estimate of drug-likeness (QED) is 0.851. The van der Waals surface area contributed by atoms with E-state index in [0.29, 0.717) is 5.56 Å². The van der Waals surface area contributed by atoms with E-state index < -0.39 is 6.10 Å². The van der Waals surface area contributed by atoms with Gasteiger partial charge in [0.2, 0.25) is 0 Å². The molecule has 0 saturated carbocycles. The Morgan fingerprint density at radius 3 is 2.38 bits per heavy atom. The topological polar surface area (TPSA) is 23.5 Å². The molecule has 2 unspecified atom stereocenters. The van der Waals surface area contributed by atoms with Crippen LogP contribution in [-0.2, 0) is 0 Å². The van der Waals surface area contributed by atoms with E-state index in [1.807, 2.05) is 43.1 Å². The lowest BCUT2D eigenvalue weighted by Gasteiger charge is -2.30. The number of benzene rings is 2. The SMILES string of the molecule is CC(O)c1cc(Br)ccc1N(C)C(C)c1ccccc1F. The van der Waals surface area contributed by atoms with Gasteiger partial charge in [-0.25, -0.2) is 4.39 Å². The molecule has 2 nitrogen and oxygen atoms in total. The average Bonchev–Trinajstić information content (AvgIpc) is 2.46. The van der Waals surface area contributed by atoms with E-state index in [2.05, 4.69) is 15.9 Å². The highest BCUT2D eigenvalue weighted by Crippen LogP contribution is 2.34. The van der Waals surface area contributed by atoms with Crippen LogP contribution < -0.4 is 4.90 Å². The largest absolute Gasteiger partial charge is 0.389 e. The van der Waals surface area contributed by atoms with Crippen LogP contribution in [0.1, 0.15) is 37.1 Å². The molecule has 0 bridgehead atoms. The molecule has 0 heterocycles. The minimum absolute atomic E-state index is 0.134. The van der Waals surface area contributed by atoms with E-state index in [0.717, 1.165) is 15.7 Å². The Kier molecular flexibility index (Phi) is 5.01. The number of hydrogen-bond donors (Lipinski definition) is 1. The van der Waals surface area contributed by atoms with Crippen LogP contribution in [0.4, 0.5) is 10.1 Å². The van der Waals surface area contributed by atoms with Gasteiger partial charge in [0, 0.05) is 28.3 Å². The van der Waals surface area contributed by atoms with Gasteiger partial charge in [0.1, 0.15) is 5.82 Å². The molecule has 0 aliphatic heterocycles. The first-order valence-corrected chi connectivity index (χ1v) is 7.66. The van der Waals surface area contributed by atoms with E-state index in [4.69, 9.17) is 0 Å². The van der Waals surface area contributed by atoms with Crippen molar-refractivity contribution in [2.24, 2.45) is 0 Å². The van der Waals surface area contributed by atoms with Crippen molar-refractivity contribution >= 4 is 21.6 Å². The van der Waals surface area contributed by atoms with Crippen LogP contribution in [0.3, 0.4) is 0 Å². The van der Waals surface area contributed by atoms with Gasteiger partial charge in [0.15, 0.2) is 0 Å². The molecule has 21 heavy (non-hydrogen) atoms. The van der Waals surface area contributed by atoms with Gasteiger partial charge in [-0.15, -0.1) is 0 Å². The minimum Gasteiger partial charge on any atom is -0.389 e. The van der Waals surface area contributed by atoms with Gasteiger partial charge in [0.05, 0.1) is 12.1 Å². The molecule has 2 rings (SSSR count). The molecule has 0 fully saturated rings. The molecule has 1 N–H and O–H groups in total. The van der Waals surface area contributed by atoms with E-state index in [9.17, 15) is 9.50 Å². The van der Waals surface area contributed by atoms with E-state index in [1.165, 1.54) is 6.07 Å². The Morgan fingerprint density at radius 2 is 1.76 bits per heavy atom. The second kappa shape index (κ2) is 6.58. The number of anilines is 1. The maximum absolute atomic E-state index is 14.0. The Hall–Kier alpha value is -1.39. The van der Waals surface area contributed by atoms with E-state index >= 15 is 0 Å². The predicted molar refractivity (Wildman–Crippen MR) is 88.0 cm³/mol. The fourth-order valence-electron chi connectivity index (χ4n) is 2.41. The van der Waals surface area contributed by atoms with E-state index in [-0.39, 0.29) is 11.9 Å². The van der Waals surface area contributed by atoms with Crippen LogP contribution in [0.15, 0.2) is 46.9 Å². The molecule has 0 amide bonds. The fraction of sp³-hybridized carbons (Fsp3) is 0.294. The highest BCUT2D eigenvalue weighted by Gasteiger charge is 2.19. The van der Waals surface area contributed by atoms with Crippen LogP contribution >= 0.6 is 15.9 Å². The molecule has 2 aromatic carbocycles. The Bertz CT molecular complexity index is 630. The molecule has 0 radical (unpaired) electrons. The number of halogens is 2. The fourth-order valence-corrected chi connectivity index (χ4v) is 2.79. The molecule has 2 aromatic rings. The number of hydrogen-bond acceptors (Lipinski definition) is 2. The number of rotatable bonds is 4. The Morgan fingerprint density at radius 1 is 1.10 bits per heavy atom. The first kappa shape index (κ1) is 16.0. The molecular formula is C17H19BrFNO. The highest BCUT2D eigenvalue weighted by molar-refractivity contribution is 9.10. The Labute approximate surface area is 133 Å². The number of aliphatic hydroxyl groups excluding tert-OH is 1. The average molecular weight is 352 g/mol. The lowest BCUT2D eigenvalue weighted by molar-refractivity contribution is 0.199. The van der Waals surface area contributed by atoms with Crippen molar-refractivity contribution in [1.82, 2.24) is 0 Å². The summed E-state index contributed by atoms with van der Waals surface area (Å²) in [5.41, 5.74) is 2.35. The van der Waals surface area contributed by atoms with Crippen molar-refractivity contribution in [1.29, 1.82) is 0 Å². The second-order valence-corrected chi connectivity index (χ2v) is 6.10. The van der Waals surface area contributed by atoms with Gasteiger partial charge < -0.3 is 10.0 Å². The van der Waals surface area contributed by atoms with Crippen LogP contribution in [-0.4, -0.2) is 12.2 Å². The summed E-state index contributed by atoms with van der Waals surface area (Å²) in [7, 11) is 1.91. The summed E-state index contributed by atoms with van der Waals surface area (Å²) in [6.45, 7) is 3.68. The maximum Gasteiger partial charge on any atom is 0.128 e. The summed E-state index contributed by atoms with van der Waals surface area (Å²) in [4.78, 5) is 1.98. The van der Waals surface area contributed by atoms with Crippen LogP contribution in [0.2, 0.25) is 0 Å². The predicted octanol–water partition coefficient (Wildman–Crippen LogP) is 4.84. The van der Waals surface area contributed by atoms with Crippen molar-refractivity contribution in [2.45, 2.75) is 26.0 Å². The molecule has 4 heteroatoms. The third-order valence-electron chi connectivity index (χ3n) is 3.76. The molecule has 0 aromatic heterocycles. The smallest absolute Gasteiger partial charge is 0.128 e. The lowest BCUT2D eigenvalue weighted by Crippen LogP contribution is -2.24. The minimum atomic E-state index is -0.590. The summed E-state index contributed by atoms with van der Waals surface area (Å²) in [6, 6.07) is 12.4. The monoisotopic (exact) mass is 351 g/mol. The summed E-state index contributed by atoms with van der Waals surface area (Å²) in [5.74, 6) is -0.215. The summed E-state index contributed by atoms with van der Waals surface area (Å²) in [5, 5.41) is 9.96. The second-order valence-electron chi connectivity index (χ2n) is 5.19. The van der Waals surface area contributed by atoms with Gasteiger partial charge in [0.25, 0.3) is 0 Å². The first-order valence-electron chi connectivity index (χ1n) is 6.86. The molecule has 0 spiro atoms. The zero-order valence-electron chi connectivity index (χ0n) is 12.3. The van der Waals surface area contributed by atoms with Gasteiger partial charge in [-0.3, -0.25) is 0 Å². The normalized spacial score (nSPS) is 13.8. The van der Waals surface area contributed by atoms with Gasteiger partial charge in [-0.2, -0.15) is 0 Å². The number of nitrogens with zero attached hydrogens (tertiary/aromatic N) is 1. The van der Waals surface area contributed by atoms with Crippen molar-refractivity contribution in [3.63, 3.8) is 0 Å². The molecule has 112 valence electrons. The number of aliphatic hydroxyl groups is 1. The lowest BCUT2D eigenvalue weighted by atomic mass is 10.0. The zero-order chi connectivity index (χ0) is 15.6. The molecular weight excluding hydrogens is 333 g/mol. The molecule has 0 aliphatic rings. The summed E-state index contributed by atoms with van der Waals surface area (Å²) >= 11 is 3.42. The van der Waals surface area contributed by atoms with Gasteiger partial charge in [-0.05, 0) is 38.1 Å². The standard InChI is InChI=1S/C17H19BrFNO/c1-11(14-6-4-5-7-16(14)19)20(3)17-9-8-13(18)10-15(17)12(2)21/h4-12,21H,1-3H3. The van der Waals surface area contributed by atoms with Crippen LogP contribution in [0, 0.1) is 5.82 Å². The van der Waals surface area contributed by atoms with E-state index in [1.54, 1.807) is 19.1 Å². The van der Waals surface area contributed by atoms with Crippen molar-refractivity contribution in [2.75, 3.05) is 11.9 Å².